The molecule has 3 aromatic carbocycles. The van der Waals surface area contributed by atoms with Gasteiger partial charge in [-0.2, -0.15) is 0 Å². The molecule has 7 nitrogen and oxygen atoms in total. The van der Waals surface area contributed by atoms with Crippen LogP contribution in [0.5, 0.6) is 0 Å². The number of rotatable bonds is 6. The van der Waals surface area contributed by atoms with E-state index in [2.05, 4.69) is 16.0 Å². The highest BCUT2D eigenvalue weighted by molar-refractivity contribution is 6.34. The Morgan fingerprint density at radius 3 is 2.26 bits per heavy atom. The quantitative estimate of drug-likeness (QED) is 0.157. The standard InChI is InChI=1S/C24H24ClN5O2.C6H6/c1-14-3-7-21-19(9-14)23(15(2)31)22-8-4-16(11-30(21)22)28-24(32)18-6-5-17(10-20(18)25)29(12-26)13-27;1-2-4-6-5-3-1/h3,5-7,9-10,12-13,16,26-27H,4,8,11H2,1-2H3,(H,28,32);1-6H. The molecule has 0 saturated heterocycles. The Morgan fingerprint density at radius 1 is 1.03 bits per heavy atom. The number of halogens is 1. The van der Waals surface area contributed by atoms with E-state index in [-0.39, 0.29) is 22.8 Å². The number of aryl methyl sites for hydroxylation is 1. The van der Waals surface area contributed by atoms with E-state index in [9.17, 15) is 9.59 Å². The summed E-state index contributed by atoms with van der Waals surface area (Å²) in [7, 11) is 0. The summed E-state index contributed by atoms with van der Waals surface area (Å²) in [6, 6.07) is 22.8. The first-order valence-electron chi connectivity index (χ1n) is 12.4. The molecule has 1 aliphatic heterocycles. The molecule has 0 bridgehead atoms. The molecule has 1 aliphatic rings. The monoisotopic (exact) mass is 527 g/mol. The van der Waals surface area contributed by atoms with Crippen molar-refractivity contribution in [2.75, 3.05) is 4.90 Å². The minimum Gasteiger partial charge on any atom is -0.347 e. The Bertz CT molecular complexity index is 1460. The Hall–Kier alpha value is -4.23. The summed E-state index contributed by atoms with van der Waals surface area (Å²) in [5.41, 5.74) is 4.81. The number of carbonyl (C=O) groups excluding carboxylic acids is 2. The van der Waals surface area contributed by atoms with Gasteiger partial charge in [0.05, 0.1) is 23.3 Å². The lowest BCUT2D eigenvalue weighted by molar-refractivity contribution is 0.0926. The van der Waals surface area contributed by atoms with Crippen molar-refractivity contribution in [3.63, 3.8) is 0 Å². The van der Waals surface area contributed by atoms with Crippen molar-refractivity contribution in [2.24, 2.45) is 0 Å². The average Bonchev–Trinajstić information content (AvgIpc) is 3.23. The largest absolute Gasteiger partial charge is 0.347 e. The third-order valence-corrected chi connectivity index (χ3v) is 6.90. The zero-order valence-corrected chi connectivity index (χ0v) is 22.1. The predicted molar refractivity (Wildman–Crippen MR) is 154 cm³/mol. The van der Waals surface area contributed by atoms with E-state index < -0.39 is 0 Å². The van der Waals surface area contributed by atoms with Gasteiger partial charge in [0.25, 0.3) is 5.91 Å². The van der Waals surface area contributed by atoms with Gasteiger partial charge in [-0.25, -0.2) is 0 Å². The molecule has 1 atom stereocenters. The van der Waals surface area contributed by atoms with Crippen molar-refractivity contribution in [3.8, 4) is 0 Å². The van der Waals surface area contributed by atoms with E-state index in [1.807, 2.05) is 55.5 Å². The van der Waals surface area contributed by atoms with Crippen LogP contribution in [-0.4, -0.2) is 35.0 Å². The molecule has 4 aromatic rings. The molecule has 1 unspecified atom stereocenters. The van der Waals surface area contributed by atoms with Gasteiger partial charge in [0, 0.05) is 40.4 Å². The molecule has 38 heavy (non-hydrogen) atoms. The fraction of sp³-hybridized carbons (Fsp3) is 0.200. The summed E-state index contributed by atoms with van der Waals surface area (Å²) < 4.78 is 2.15. The molecule has 0 spiro atoms. The third-order valence-electron chi connectivity index (χ3n) is 6.59. The second kappa shape index (κ2) is 11.9. The van der Waals surface area contributed by atoms with Gasteiger partial charge in [0.15, 0.2) is 5.78 Å². The number of nitrogens with one attached hydrogen (secondary N) is 3. The highest BCUT2D eigenvalue weighted by atomic mass is 35.5. The van der Waals surface area contributed by atoms with Crippen LogP contribution >= 0.6 is 11.6 Å². The molecule has 2 heterocycles. The van der Waals surface area contributed by atoms with Gasteiger partial charge < -0.3 is 9.88 Å². The number of aromatic nitrogens is 1. The van der Waals surface area contributed by atoms with Gasteiger partial charge in [-0.3, -0.25) is 25.3 Å². The predicted octanol–water partition coefficient (Wildman–Crippen LogP) is 6.26. The maximum absolute atomic E-state index is 12.9. The number of benzene rings is 3. The second-order valence-corrected chi connectivity index (χ2v) is 9.61. The zero-order valence-electron chi connectivity index (χ0n) is 21.4. The van der Waals surface area contributed by atoms with Gasteiger partial charge >= 0.3 is 0 Å². The minimum atomic E-state index is -0.273. The molecule has 5 rings (SSSR count). The summed E-state index contributed by atoms with van der Waals surface area (Å²) in [4.78, 5) is 26.6. The Balaban J connectivity index is 0.000000494. The minimum absolute atomic E-state index is 0.0626. The summed E-state index contributed by atoms with van der Waals surface area (Å²) in [6.45, 7) is 4.20. The number of Topliss-reactive ketones (excluding diaryl/α,β-unsaturated/α-hetero) is 1. The average molecular weight is 528 g/mol. The molecule has 0 saturated carbocycles. The normalized spacial score (nSPS) is 14.0. The number of ketones is 1. The van der Waals surface area contributed by atoms with Gasteiger partial charge in [0.1, 0.15) is 0 Å². The van der Waals surface area contributed by atoms with E-state index in [1.54, 1.807) is 25.1 Å². The van der Waals surface area contributed by atoms with Gasteiger partial charge in [-0.15, -0.1) is 0 Å². The Morgan fingerprint density at radius 2 is 1.68 bits per heavy atom. The van der Waals surface area contributed by atoms with Gasteiger partial charge in [-0.1, -0.05) is 59.6 Å². The topological polar surface area (TPSA) is 102 Å². The number of fused-ring (bicyclic) bond motifs is 3. The molecular weight excluding hydrogens is 498 g/mol. The fourth-order valence-corrected chi connectivity index (χ4v) is 5.07. The molecular formula is C30H30ClN5O2. The summed E-state index contributed by atoms with van der Waals surface area (Å²) in [6.07, 6.45) is 3.42. The van der Waals surface area contributed by atoms with E-state index in [1.165, 1.54) is 4.90 Å². The fourth-order valence-electron chi connectivity index (χ4n) is 4.81. The van der Waals surface area contributed by atoms with Crippen LogP contribution < -0.4 is 10.2 Å². The van der Waals surface area contributed by atoms with E-state index in [4.69, 9.17) is 22.4 Å². The highest BCUT2D eigenvalue weighted by Crippen LogP contribution is 2.32. The van der Waals surface area contributed by atoms with Crippen LogP contribution in [0, 0.1) is 17.7 Å². The van der Waals surface area contributed by atoms with Crippen LogP contribution in [0.2, 0.25) is 5.02 Å². The van der Waals surface area contributed by atoms with Crippen LogP contribution in [0.25, 0.3) is 10.9 Å². The number of carbonyl (C=O) groups is 2. The van der Waals surface area contributed by atoms with Crippen molar-refractivity contribution in [3.05, 3.63) is 100 Å². The van der Waals surface area contributed by atoms with Crippen LogP contribution in [0.4, 0.5) is 5.69 Å². The molecule has 194 valence electrons. The van der Waals surface area contributed by atoms with Crippen LogP contribution in [0.3, 0.4) is 0 Å². The van der Waals surface area contributed by atoms with E-state index in [0.29, 0.717) is 24.2 Å². The zero-order chi connectivity index (χ0) is 27.2. The van der Waals surface area contributed by atoms with Crippen LogP contribution in [0.1, 0.15) is 45.3 Å². The maximum Gasteiger partial charge on any atom is 0.253 e. The van der Waals surface area contributed by atoms with E-state index in [0.717, 1.165) is 46.8 Å². The third kappa shape index (κ3) is 5.68. The lowest BCUT2D eigenvalue weighted by atomic mass is 9.99. The molecule has 0 fully saturated rings. The first-order chi connectivity index (χ1) is 18.3. The molecule has 8 heteroatoms. The maximum atomic E-state index is 12.9. The second-order valence-electron chi connectivity index (χ2n) is 9.20. The summed E-state index contributed by atoms with van der Waals surface area (Å²) in [5, 5.41) is 19.0. The van der Waals surface area contributed by atoms with Crippen molar-refractivity contribution in [2.45, 2.75) is 39.3 Å². The first kappa shape index (κ1) is 26.8. The number of nitrogens with zero attached hydrogens (tertiary/aromatic N) is 2. The molecule has 1 aromatic heterocycles. The SMILES string of the molecule is CC(=O)c1c2n(c3ccc(C)cc13)CC(NC(=O)c1ccc(N(C=N)C=N)cc1Cl)CC2.c1ccccc1. The summed E-state index contributed by atoms with van der Waals surface area (Å²) in [5.74, 6) is -0.210. The van der Waals surface area contributed by atoms with Gasteiger partial charge in [0.2, 0.25) is 0 Å². The van der Waals surface area contributed by atoms with E-state index >= 15 is 0 Å². The van der Waals surface area contributed by atoms with Crippen molar-refractivity contribution in [1.82, 2.24) is 9.88 Å². The van der Waals surface area contributed by atoms with Crippen LogP contribution in [0.15, 0.2) is 72.8 Å². The lowest BCUT2D eigenvalue weighted by Gasteiger charge is -2.27. The number of amides is 1. The van der Waals surface area contributed by atoms with Crippen molar-refractivity contribution in [1.29, 1.82) is 10.8 Å². The van der Waals surface area contributed by atoms with Crippen molar-refractivity contribution < 1.29 is 9.59 Å². The summed E-state index contributed by atoms with van der Waals surface area (Å²) >= 11 is 6.33. The number of anilines is 1. The Labute approximate surface area is 227 Å². The smallest absolute Gasteiger partial charge is 0.253 e. The molecule has 3 N–H and O–H groups in total. The van der Waals surface area contributed by atoms with Crippen molar-refractivity contribution >= 4 is 52.6 Å². The molecule has 0 radical (unpaired) electrons. The molecule has 1 amide bonds. The number of hydrogen-bond acceptors (Lipinski definition) is 4. The van der Waals surface area contributed by atoms with Crippen LogP contribution in [-0.2, 0) is 13.0 Å². The molecule has 0 aliphatic carbocycles. The van der Waals surface area contributed by atoms with Gasteiger partial charge in [-0.05, 0) is 57.0 Å². The first-order valence-corrected chi connectivity index (χ1v) is 12.7. The number of hydrogen-bond donors (Lipinski definition) is 3. The highest BCUT2D eigenvalue weighted by Gasteiger charge is 2.28. The Kier molecular flexibility index (Phi) is 8.38. The lowest BCUT2D eigenvalue weighted by Crippen LogP contribution is -2.41.